The summed E-state index contributed by atoms with van der Waals surface area (Å²) in [5, 5.41) is 0. The van der Waals surface area contributed by atoms with E-state index in [2.05, 4.69) is 51.8 Å². The number of rotatable bonds is 2. The Kier molecular flexibility index (Phi) is 4.28. The van der Waals surface area contributed by atoms with E-state index < -0.39 is 5.60 Å². The average Bonchev–Trinajstić information content (AvgIpc) is 2.98. The molecule has 1 aromatic heterocycles. The van der Waals surface area contributed by atoms with Crippen LogP contribution in [0, 0.1) is 8.99 Å². The second kappa shape index (κ2) is 6.25. The van der Waals surface area contributed by atoms with Gasteiger partial charge in [-0.1, -0.05) is 12.1 Å². The van der Waals surface area contributed by atoms with Gasteiger partial charge in [-0.25, -0.2) is 9.78 Å². The Bertz CT molecular complexity index is 818. The first kappa shape index (κ1) is 17.8. The lowest BCUT2D eigenvalue weighted by atomic mass is 10.0. The molecule has 1 atom stereocenters. The highest BCUT2D eigenvalue weighted by molar-refractivity contribution is 14.1. The lowest BCUT2D eigenvalue weighted by Crippen LogP contribution is -2.37. The minimum atomic E-state index is -0.490. The third-order valence-corrected chi connectivity index (χ3v) is 5.87. The number of nitrogens with one attached hydrogen (secondary N) is 1. The molecule has 1 aromatic carbocycles. The van der Waals surface area contributed by atoms with Gasteiger partial charge in [0.05, 0.1) is 11.7 Å². The van der Waals surface area contributed by atoms with Crippen LogP contribution >= 0.6 is 22.6 Å². The molecule has 1 spiro atoms. The standard InChI is InChI=1S/C20H24IN3O2/c1-19(2,3)26-18(25)24-12-20(8-9-20)10-16(24)17-22-11-15(23-17)13-4-6-14(21)7-5-13/h4-7,11,16H,8-10,12H2,1-3H3,(H,22,23)/t16-/m0/s1. The third kappa shape index (κ3) is 3.61. The molecule has 2 heterocycles. The molecule has 2 aliphatic rings. The Labute approximate surface area is 167 Å². The predicted molar refractivity (Wildman–Crippen MR) is 109 cm³/mol. The molecule has 1 saturated heterocycles. The van der Waals surface area contributed by atoms with Crippen LogP contribution < -0.4 is 0 Å². The molecule has 1 N–H and O–H groups in total. The summed E-state index contributed by atoms with van der Waals surface area (Å²) in [5.74, 6) is 0.855. The van der Waals surface area contributed by atoms with Crippen molar-refractivity contribution in [2.75, 3.05) is 6.54 Å². The van der Waals surface area contributed by atoms with Crippen molar-refractivity contribution in [2.45, 2.75) is 51.7 Å². The number of nitrogens with zero attached hydrogens (tertiary/aromatic N) is 2. The zero-order chi connectivity index (χ0) is 18.5. The molecule has 4 rings (SSSR count). The minimum absolute atomic E-state index is 0.0371. The van der Waals surface area contributed by atoms with Gasteiger partial charge in [0.2, 0.25) is 0 Å². The molecule has 1 aliphatic heterocycles. The number of imidazole rings is 1. The van der Waals surface area contributed by atoms with Crippen molar-refractivity contribution in [1.29, 1.82) is 0 Å². The monoisotopic (exact) mass is 465 g/mol. The highest BCUT2D eigenvalue weighted by Gasteiger charge is 2.55. The number of hydrogen-bond donors (Lipinski definition) is 1. The lowest BCUT2D eigenvalue weighted by Gasteiger charge is -2.27. The number of ether oxygens (including phenoxy) is 1. The van der Waals surface area contributed by atoms with E-state index in [4.69, 9.17) is 9.72 Å². The Hall–Kier alpha value is -1.57. The molecule has 5 nitrogen and oxygen atoms in total. The molecule has 0 bridgehead atoms. The summed E-state index contributed by atoms with van der Waals surface area (Å²) in [4.78, 5) is 22.7. The summed E-state index contributed by atoms with van der Waals surface area (Å²) in [6, 6.07) is 8.26. The fourth-order valence-corrected chi connectivity index (χ4v) is 3.99. The van der Waals surface area contributed by atoms with Gasteiger partial charge in [-0.05, 0) is 80.2 Å². The highest BCUT2D eigenvalue weighted by Crippen LogP contribution is 2.58. The summed E-state index contributed by atoms with van der Waals surface area (Å²) < 4.78 is 6.84. The van der Waals surface area contributed by atoms with Crippen molar-refractivity contribution in [3.8, 4) is 11.3 Å². The van der Waals surface area contributed by atoms with Crippen LogP contribution in [-0.2, 0) is 4.74 Å². The molecule has 6 heteroatoms. The number of aromatic amines is 1. The van der Waals surface area contributed by atoms with Crippen LogP contribution in [0.15, 0.2) is 30.5 Å². The van der Waals surface area contributed by atoms with Crippen LogP contribution in [0.4, 0.5) is 4.79 Å². The molecule has 2 aromatic rings. The summed E-state index contributed by atoms with van der Waals surface area (Å²) in [6.45, 7) is 6.49. The van der Waals surface area contributed by atoms with Crippen LogP contribution in [0.5, 0.6) is 0 Å². The van der Waals surface area contributed by atoms with Crippen LogP contribution in [0.25, 0.3) is 11.3 Å². The van der Waals surface area contributed by atoms with Crippen molar-refractivity contribution in [2.24, 2.45) is 5.41 Å². The second-order valence-electron chi connectivity index (χ2n) is 8.51. The van der Waals surface area contributed by atoms with Gasteiger partial charge in [-0.15, -0.1) is 0 Å². The van der Waals surface area contributed by atoms with Crippen molar-refractivity contribution in [3.05, 3.63) is 39.9 Å². The largest absolute Gasteiger partial charge is 0.444 e. The molecule has 0 unspecified atom stereocenters. The van der Waals surface area contributed by atoms with Crippen molar-refractivity contribution >= 4 is 28.7 Å². The highest BCUT2D eigenvalue weighted by atomic mass is 127. The number of carbonyl (C=O) groups excluding carboxylic acids is 1. The normalized spacial score (nSPS) is 21.2. The summed E-state index contributed by atoms with van der Waals surface area (Å²) in [6.07, 6.45) is 5.04. The van der Waals surface area contributed by atoms with Gasteiger partial charge in [-0.3, -0.25) is 4.90 Å². The van der Waals surface area contributed by atoms with Crippen LogP contribution in [0.1, 0.15) is 51.9 Å². The maximum absolute atomic E-state index is 12.7. The van der Waals surface area contributed by atoms with E-state index in [-0.39, 0.29) is 17.6 Å². The fraction of sp³-hybridized carbons (Fsp3) is 0.500. The van der Waals surface area contributed by atoms with Crippen LogP contribution in [0.2, 0.25) is 0 Å². The predicted octanol–water partition coefficient (Wildman–Crippen LogP) is 5.14. The second-order valence-corrected chi connectivity index (χ2v) is 9.75. The van der Waals surface area contributed by atoms with E-state index in [0.717, 1.165) is 30.0 Å². The molecule has 0 radical (unpaired) electrons. The van der Waals surface area contributed by atoms with Crippen molar-refractivity contribution in [1.82, 2.24) is 14.9 Å². The van der Waals surface area contributed by atoms with E-state index in [1.165, 1.54) is 16.4 Å². The molecule has 2 fully saturated rings. The number of carbonyl (C=O) groups is 1. The molecule has 26 heavy (non-hydrogen) atoms. The van der Waals surface area contributed by atoms with Gasteiger partial charge >= 0.3 is 6.09 Å². The lowest BCUT2D eigenvalue weighted by molar-refractivity contribution is 0.0212. The third-order valence-electron chi connectivity index (χ3n) is 5.15. The zero-order valence-electron chi connectivity index (χ0n) is 15.4. The van der Waals surface area contributed by atoms with Crippen molar-refractivity contribution < 1.29 is 9.53 Å². The van der Waals surface area contributed by atoms with Gasteiger partial charge in [-0.2, -0.15) is 0 Å². The van der Waals surface area contributed by atoms with Gasteiger partial charge in [0.1, 0.15) is 11.4 Å². The number of aromatic nitrogens is 2. The molecular weight excluding hydrogens is 441 g/mol. The Morgan fingerprint density at radius 1 is 1.31 bits per heavy atom. The summed E-state index contributed by atoms with van der Waals surface area (Å²) in [5.41, 5.74) is 1.78. The van der Waals surface area contributed by atoms with Gasteiger partial charge < -0.3 is 9.72 Å². The fourth-order valence-electron chi connectivity index (χ4n) is 3.63. The first-order chi connectivity index (χ1) is 12.2. The van der Waals surface area contributed by atoms with Gasteiger partial charge in [0, 0.05) is 21.9 Å². The Morgan fingerprint density at radius 3 is 2.62 bits per heavy atom. The topological polar surface area (TPSA) is 58.2 Å². The van der Waals surface area contributed by atoms with E-state index in [9.17, 15) is 4.79 Å². The SMILES string of the molecule is CC(C)(C)OC(=O)N1CC2(CC2)C[C@H]1c1nc(-c2ccc(I)cc2)c[nH]1. The van der Waals surface area contributed by atoms with Gasteiger partial charge in [0.15, 0.2) is 0 Å². The van der Waals surface area contributed by atoms with E-state index in [1.807, 2.05) is 31.9 Å². The maximum Gasteiger partial charge on any atom is 0.410 e. The average molecular weight is 465 g/mol. The van der Waals surface area contributed by atoms with E-state index in [1.54, 1.807) is 0 Å². The van der Waals surface area contributed by atoms with Crippen LogP contribution in [-0.4, -0.2) is 33.1 Å². The molecule has 1 amide bonds. The van der Waals surface area contributed by atoms with E-state index in [0.29, 0.717) is 0 Å². The van der Waals surface area contributed by atoms with Gasteiger partial charge in [0.25, 0.3) is 0 Å². The molecule has 1 saturated carbocycles. The summed E-state index contributed by atoms with van der Waals surface area (Å²) >= 11 is 2.30. The quantitative estimate of drug-likeness (QED) is 0.625. The minimum Gasteiger partial charge on any atom is -0.444 e. The molecule has 138 valence electrons. The Balaban J connectivity index is 1.59. The number of halogens is 1. The van der Waals surface area contributed by atoms with E-state index >= 15 is 0 Å². The number of H-pyrrole nitrogens is 1. The number of likely N-dealkylation sites (tertiary alicyclic amines) is 1. The molecular formula is C20H24IN3O2. The maximum atomic E-state index is 12.7. The Morgan fingerprint density at radius 2 is 2.00 bits per heavy atom. The zero-order valence-corrected chi connectivity index (χ0v) is 17.5. The number of hydrogen-bond acceptors (Lipinski definition) is 3. The number of benzene rings is 1. The first-order valence-corrected chi connectivity index (χ1v) is 10.1. The summed E-state index contributed by atoms with van der Waals surface area (Å²) in [7, 11) is 0. The number of amides is 1. The van der Waals surface area contributed by atoms with Crippen molar-refractivity contribution in [3.63, 3.8) is 0 Å². The smallest absolute Gasteiger partial charge is 0.410 e. The van der Waals surface area contributed by atoms with Crippen LogP contribution in [0.3, 0.4) is 0 Å². The first-order valence-electron chi connectivity index (χ1n) is 9.06. The molecule has 1 aliphatic carbocycles.